The molecule has 1 N–H and O–H groups in total. The molecule has 2 aromatic carbocycles. The Morgan fingerprint density at radius 3 is 2.53 bits per heavy atom. The first-order valence-corrected chi connectivity index (χ1v) is 13.2. The molecule has 0 spiro atoms. The number of carbonyl (C=O) groups is 3. The van der Waals surface area contributed by atoms with Gasteiger partial charge in [-0.05, 0) is 80.7 Å². The number of nitrogens with zero attached hydrogens (tertiary/aromatic N) is 2. The van der Waals surface area contributed by atoms with Gasteiger partial charge >= 0.3 is 0 Å². The highest BCUT2D eigenvalue weighted by Gasteiger charge is 2.44. The van der Waals surface area contributed by atoms with Crippen LogP contribution in [0.5, 0.6) is 0 Å². The number of benzene rings is 2. The molecule has 1 aromatic heterocycles. The fourth-order valence-corrected chi connectivity index (χ4v) is 5.85. The first-order chi connectivity index (χ1) is 17.2. The summed E-state index contributed by atoms with van der Waals surface area (Å²) in [5.41, 5.74) is 2.88. The largest absolute Gasteiger partial charge is 0.320 e. The van der Waals surface area contributed by atoms with Gasteiger partial charge in [0.1, 0.15) is 0 Å². The Morgan fingerprint density at radius 2 is 1.86 bits per heavy atom. The minimum absolute atomic E-state index is 0.148. The molecule has 1 aliphatic carbocycles. The van der Waals surface area contributed by atoms with Gasteiger partial charge in [-0.15, -0.1) is 11.3 Å². The number of hydrogen-bond acceptors (Lipinski definition) is 5. The van der Waals surface area contributed by atoms with Crippen LogP contribution in [0.1, 0.15) is 60.8 Å². The van der Waals surface area contributed by atoms with Crippen molar-refractivity contribution in [1.29, 1.82) is 0 Å². The second-order valence-corrected chi connectivity index (χ2v) is 11.8. The van der Waals surface area contributed by atoms with E-state index in [4.69, 9.17) is 23.2 Å². The van der Waals surface area contributed by atoms with Crippen LogP contribution in [0.25, 0.3) is 0 Å². The Labute approximate surface area is 223 Å². The van der Waals surface area contributed by atoms with E-state index in [9.17, 15) is 14.4 Å². The number of amides is 3. The van der Waals surface area contributed by atoms with E-state index >= 15 is 0 Å². The molecule has 186 valence electrons. The summed E-state index contributed by atoms with van der Waals surface area (Å²) in [5.74, 6) is -1.30. The second kappa shape index (κ2) is 9.63. The predicted molar refractivity (Wildman–Crippen MR) is 143 cm³/mol. The van der Waals surface area contributed by atoms with Crippen LogP contribution in [0.4, 0.5) is 5.69 Å². The first-order valence-electron chi connectivity index (χ1n) is 11.7. The minimum atomic E-state index is -0.453. The average Bonchev–Trinajstić information content (AvgIpc) is 3.45. The number of imide groups is 1. The number of nitrogens with one attached hydrogen (secondary N) is 1. The zero-order valence-electron chi connectivity index (χ0n) is 19.9. The molecule has 3 amide bonds. The number of halogens is 2. The van der Waals surface area contributed by atoms with Crippen LogP contribution >= 0.6 is 34.5 Å². The summed E-state index contributed by atoms with van der Waals surface area (Å²) in [5, 5.41) is 2.99. The molecule has 5 rings (SSSR count). The quantitative estimate of drug-likeness (QED) is 0.350. The van der Waals surface area contributed by atoms with E-state index in [1.54, 1.807) is 12.1 Å². The summed E-state index contributed by atoms with van der Waals surface area (Å²) in [6, 6.07) is 14.4. The van der Waals surface area contributed by atoms with E-state index < -0.39 is 17.7 Å². The van der Waals surface area contributed by atoms with E-state index in [-0.39, 0.29) is 33.8 Å². The van der Waals surface area contributed by atoms with Crippen LogP contribution in [0.2, 0.25) is 9.36 Å². The maximum Gasteiger partial charge on any atom is 0.265 e. The zero-order chi connectivity index (χ0) is 25.6. The van der Waals surface area contributed by atoms with Gasteiger partial charge in [0.05, 0.1) is 32.6 Å². The smallest absolute Gasteiger partial charge is 0.265 e. The minimum Gasteiger partial charge on any atom is -0.320 e. The van der Waals surface area contributed by atoms with Crippen LogP contribution < -0.4 is 5.32 Å². The molecule has 0 unspecified atom stereocenters. The highest BCUT2D eigenvalue weighted by molar-refractivity contribution is 7.18. The number of carbonyl (C=O) groups excluding carboxylic acids is 3. The van der Waals surface area contributed by atoms with Gasteiger partial charge in [-0.1, -0.05) is 47.5 Å². The van der Waals surface area contributed by atoms with Crippen molar-refractivity contribution in [2.75, 3.05) is 26.0 Å². The van der Waals surface area contributed by atoms with E-state index in [1.165, 1.54) is 22.6 Å². The van der Waals surface area contributed by atoms with Gasteiger partial charge in [0, 0.05) is 5.02 Å². The second-order valence-electron chi connectivity index (χ2n) is 9.66. The molecule has 0 bridgehead atoms. The van der Waals surface area contributed by atoms with Crippen molar-refractivity contribution in [2.24, 2.45) is 0 Å². The van der Waals surface area contributed by atoms with Crippen molar-refractivity contribution in [1.82, 2.24) is 9.80 Å². The topological polar surface area (TPSA) is 69.7 Å². The molecule has 2 heterocycles. The van der Waals surface area contributed by atoms with Gasteiger partial charge in [0.15, 0.2) is 0 Å². The van der Waals surface area contributed by atoms with Gasteiger partial charge in [0.2, 0.25) is 0 Å². The average molecular weight is 542 g/mol. The summed E-state index contributed by atoms with van der Waals surface area (Å²) < 4.78 is 0.478. The van der Waals surface area contributed by atoms with Crippen LogP contribution in [0.3, 0.4) is 0 Å². The van der Waals surface area contributed by atoms with E-state index in [0.29, 0.717) is 9.21 Å². The zero-order valence-corrected chi connectivity index (χ0v) is 22.3. The van der Waals surface area contributed by atoms with Crippen LogP contribution in [0.15, 0.2) is 48.5 Å². The lowest BCUT2D eigenvalue weighted by molar-refractivity contribution is 0.0642. The summed E-state index contributed by atoms with van der Waals surface area (Å²) in [6.45, 7) is 1.16. The summed E-state index contributed by atoms with van der Waals surface area (Å²) in [6.07, 6.45) is 3.37. The Hall–Kier alpha value is -2.71. The number of fused-ring (bicyclic) bond motifs is 1. The molecule has 0 radical (unpaired) electrons. The molecule has 0 atom stereocenters. The van der Waals surface area contributed by atoms with Gasteiger partial charge in [-0.25, -0.2) is 0 Å². The lowest BCUT2D eigenvalue weighted by atomic mass is 9.91. The Balaban J connectivity index is 1.39. The molecule has 1 saturated carbocycles. The molecule has 36 heavy (non-hydrogen) atoms. The monoisotopic (exact) mass is 541 g/mol. The molecule has 1 fully saturated rings. The molecule has 1 aliphatic heterocycles. The highest BCUT2D eigenvalue weighted by Crippen LogP contribution is 2.51. The van der Waals surface area contributed by atoms with Crippen molar-refractivity contribution in [2.45, 2.75) is 31.2 Å². The molecule has 0 saturated heterocycles. The number of thiophene rings is 1. The van der Waals surface area contributed by atoms with Gasteiger partial charge in [0.25, 0.3) is 17.7 Å². The molecular formula is C27H25Cl2N3O3S. The predicted octanol–water partition coefficient (Wildman–Crippen LogP) is 6.09. The maximum atomic E-state index is 13.4. The van der Waals surface area contributed by atoms with Crippen LogP contribution in [-0.2, 0) is 12.0 Å². The SMILES string of the molecule is CN(C)CCC1(c2cccc(CN3C(=O)c4cc(Cl)cc(NC(=O)c5ccc(Cl)s5)c4C3=O)c2)CC1. The number of rotatable bonds is 8. The van der Waals surface area contributed by atoms with Crippen LogP contribution in [0, 0.1) is 0 Å². The fourth-order valence-electron chi connectivity index (χ4n) is 4.69. The molecule has 2 aliphatic rings. The summed E-state index contributed by atoms with van der Waals surface area (Å²) in [7, 11) is 4.15. The third-order valence-electron chi connectivity index (χ3n) is 6.85. The first kappa shape index (κ1) is 25.0. The van der Waals surface area contributed by atoms with Crippen molar-refractivity contribution >= 4 is 57.9 Å². The van der Waals surface area contributed by atoms with Gasteiger partial charge < -0.3 is 10.2 Å². The van der Waals surface area contributed by atoms with E-state index in [0.717, 1.165) is 42.7 Å². The molecular weight excluding hydrogens is 517 g/mol. The van der Waals surface area contributed by atoms with Crippen molar-refractivity contribution < 1.29 is 14.4 Å². The third kappa shape index (κ3) is 4.81. The normalized spacial score (nSPS) is 16.0. The Morgan fingerprint density at radius 1 is 1.08 bits per heavy atom. The molecule has 6 nitrogen and oxygen atoms in total. The third-order valence-corrected chi connectivity index (χ3v) is 8.30. The fraction of sp³-hybridized carbons (Fsp3) is 0.296. The van der Waals surface area contributed by atoms with Gasteiger partial charge in [-0.2, -0.15) is 0 Å². The molecule has 9 heteroatoms. The lowest BCUT2D eigenvalue weighted by Crippen LogP contribution is -2.29. The van der Waals surface area contributed by atoms with E-state index in [1.807, 2.05) is 12.1 Å². The maximum absolute atomic E-state index is 13.4. The molecule has 3 aromatic rings. The van der Waals surface area contributed by atoms with E-state index in [2.05, 4.69) is 36.4 Å². The van der Waals surface area contributed by atoms with Crippen molar-refractivity contribution in [3.8, 4) is 0 Å². The standard InChI is InChI=1S/C27H25Cl2N3O3S/c1-31(2)11-10-27(8-9-27)17-5-3-4-16(12-17)15-32-25(34)19-13-18(28)14-20(23(19)26(32)35)30-24(33)21-6-7-22(29)36-21/h3-7,12-14H,8-11,15H2,1-2H3,(H,30,33). The van der Waals surface area contributed by atoms with Crippen molar-refractivity contribution in [3.63, 3.8) is 0 Å². The summed E-state index contributed by atoms with van der Waals surface area (Å²) in [4.78, 5) is 43.2. The summed E-state index contributed by atoms with van der Waals surface area (Å²) >= 11 is 13.3. The van der Waals surface area contributed by atoms with Gasteiger partial charge in [-0.3, -0.25) is 19.3 Å². The number of anilines is 1. The number of hydrogen-bond donors (Lipinski definition) is 1. The Kier molecular flexibility index (Phi) is 6.68. The van der Waals surface area contributed by atoms with Crippen LogP contribution in [-0.4, -0.2) is 48.2 Å². The van der Waals surface area contributed by atoms with Crippen molar-refractivity contribution in [3.05, 3.63) is 85.0 Å². The lowest BCUT2D eigenvalue weighted by Gasteiger charge is -2.20. The highest BCUT2D eigenvalue weighted by atomic mass is 35.5. The Bertz CT molecular complexity index is 1380.